The van der Waals surface area contributed by atoms with Gasteiger partial charge in [0.1, 0.15) is 4.88 Å². The lowest BCUT2D eigenvalue weighted by Gasteiger charge is -2.13. The van der Waals surface area contributed by atoms with Gasteiger partial charge in [-0.05, 0) is 6.07 Å². The maximum Gasteiger partial charge on any atom is 0.345 e. The minimum atomic E-state index is -1.48. The summed E-state index contributed by atoms with van der Waals surface area (Å²) >= 11 is 7.26. The highest BCUT2D eigenvalue weighted by molar-refractivity contribution is 7.28. The number of thiophene rings is 1. The molecule has 1 rings (SSSR count). The van der Waals surface area contributed by atoms with E-state index in [4.69, 9.17) is 16.7 Å². The molecule has 0 aromatic carbocycles. The number of carbonyl (C=O) groups is 1. The number of hydrogen-bond donors (Lipinski definition) is 1. The van der Waals surface area contributed by atoms with Crippen LogP contribution in [0, 0.1) is 0 Å². The maximum atomic E-state index is 10.7. The first-order valence-corrected chi connectivity index (χ1v) is 8.55. The molecule has 0 saturated carbocycles. The fraction of sp³-hybridized carbons (Fsp3) is 0.375. The molecule has 1 aromatic rings. The standard InChI is InChI=1S/C8H11ClO2SSi/c1-13(2,3)8-5(9)4-6(12-8)7(10)11/h4H,1-3H3,(H,10,11). The number of carboxylic acid groups (broad SMARTS) is 1. The van der Waals surface area contributed by atoms with Crippen LogP contribution in [0.1, 0.15) is 9.67 Å². The molecule has 0 aliphatic rings. The molecule has 0 fully saturated rings. The van der Waals surface area contributed by atoms with E-state index in [1.54, 1.807) is 6.07 Å². The molecule has 0 atom stereocenters. The van der Waals surface area contributed by atoms with Crippen LogP contribution in [0.25, 0.3) is 0 Å². The lowest BCUT2D eigenvalue weighted by Crippen LogP contribution is -2.35. The Morgan fingerprint density at radius 2 is 2.08 bits per heavy atom. The van der Waals surface area contributed by atoms with Crippen molar-refractivity contribution in [3.05, 3.63) is 16.0 Å². The Morgan fingerprint density at radius 1 is 1.54 bits per heavy atom. The molecule has 0 aliphatic heterocycles. The van der Waals surface area contributed by atoms with Gasteiger partial charge in [0.15, 0.2) is 0 Å². The molecule has 1 N–H and O–H groups in total. The van der Waals surface area contributed by atoms with E-state index in [0.29, 0.717) is 9.90 Å². The van der Waals surface area contributed by atoms with Gasteiger partial charge in [0.25, 0.3) is 0 Å². The molecule has 0 unspecified atom stereocenters. The van der Waals surface area contributed by atoms with Gasteiger partial charge in [-0.3, -0.25) is 0 Å². The fourth-order valence-electron chi connectivity index (χ4n) is 0.986. The van der Waals surface area contributed by atoms with Gasteiger partial charge in [-0.15, -0.1) is 11.3 Å². The first-order valence-electron chi connectivity index (χ1n) is 3.85. The second-order valence-corrected chi connectivity index (χ2v) is 10.7. The third-order valence-corrected chi connectivity index (χ3v) is 6.86. The summed E-state index contributed by atoms with van der Waals surface area (Å²) in [6.45, 7) is 6.45. The monoisotopic (exact) mass is 234 g/mol. The van der Waals surface area contributed by atoms with E-state index in [0.717, 1.165) is 4.50 Å². The third kappa shape index (κ3) is 2.33. The first kappa shape index (κ1) is 10.8. The molecule has 1 aromatic heterocycles. The Balaban J connectivity index is 3.18. The highest BCUT2D eigenvalue weighted by atomic mass is 35.5. The van der Waals surface area contributed by atoms with E-state index in [1.807, 2.05) is 0 Å². The fourth-order valence-corrected chi connectivity index (χ4v) is 5.11. The zero-order valence-electron chi connectivity index (χ0n) is 7.72. The van der Waals surface area contributed by atoms with Crippen LogP contribution in [-0.4, -0.2) is 19.1 Å². The van der Waals surface area contributed by atoms with Crippen LogP contribution in [0.3, 0.4) is 0 Å². The summed E-state index contributed by atoms with van der Waals surface area (Å²) in [5.41, 5.74) is 0. The van der Waals surface area contributed by atoms with Crippen molar-refractivity contribution in [3.8, 4) is 0 Å². The molecule has 0 radical (unpaired) electrons. The molecule has 1 heterocycles. The average molecular weight is 235 g/mol. The van der Waals surface area contributed by atoms with Crippen molar-refractivity contribution in [3.63, 3.8) is 0 Å². The van der Waals surface area contributed by atoms with Crippen LogP contribution in [0.15, 0.2) is 6.07 Å². The SMILES string of the molecule is C[Si](C)(C)c1sc(C(=O)O)cc1Cl. The van der Waals surface area contributed by atoms with E-state index >= 15 is 0 Å². The van der Waals surface area contributed by atoms with Gasteiger partial charge < -0.3 is 5.11 Å². The Hall–Kier alpha value is -0.323. The van der Waals surface area contributed by atoms with Crippen LogP contribution < -0.4 is 4.50 Å². The molecule has 2 nitrogen and oxygen atoms in total. The van der Waals surface area contributed by atoms with Crippen LogP contribution in [0.2, 0.25) is 24.7 Å². The Bertz CT molecular complexity index is 340. The van der Waals surface area contributed by atoms with E-state index in [1.165, 1.54) is 11.3 Å². The summed E-state index contributed by atoms with van der Waals surface area (Å²) < 4.78 is 1.06. The number of rotatable bonds is 2. The van der Waals surface area contributed by atoms with Crippen molar-refractivity contribution in [2.75, 3.05) is 0 Å². The smallest absolute Gasteiger partial charge is 0.345 e. The summed E-state index contributed by atoms with van der Waals surface area (Å²) in [5.74, 6) is -0.892. The lowest BCUT2D eigenvalue weighted by atomic mass is 10.5. The first-order chi connectivity index (χ1) is 5.82. The highest BCUT2D eigenvalue weighted by Gasteiger charge is 2.24. The molecule has 0 amide bonds. The van der Waals surface area contributed by atoms with Crippen molar-refractivity contribution < 1.29 is 9.90 Å². The summed E-state index contributed by atoms with van der Waals surface area (Å²) in [6, 6.07) is 1.54. The van der Waals surface area contributed by atoms with Crippen LogP contribution >= 0.6 is 22.9 Å². The summed E-state index contributed by atoms with van der Waals surface area (Å²) in [5, 5.41) is 9.37. The van der Waals surface area contributed by atoms with E-state index in [-0.39, 0.29) is 0 Å². The van der Waals surface area contributed by atoms with Gasteiger partial charge in [-0.25, -0.2) is 4.79 Å². The average Bonchev–Trinajstić information content (AvgIpc) is 2.29. The summed E-state index contributed by atoms with van der Waals surface area (Å²) in [4.78, 5) is 11.0. The number of aromatic carboxylic acids is 1. The second-order valence-electron chi connectivity index (χ2n) is 3.84. The quantitative estimate of drug-likeness (QED) is 0.799. The highest BCUT2D eigenvalue weighted by Crippen LogP contribution is 2.21. The molecule has 0 bridgehead atoms. The molecular weight excluding hydrogens is 224 g/mol. The molecule has 0 saturated heterocycles. The van der Waals surface area contributed by atoms with E-state index in [9.17, 15) is 4.79 Å². The van der Waals surface area contributed by atoms with Gasteiger partial charge in [0.05, 0.1) is 13.1 Å². The summed E-state index contributed by atoms with van der Waals surface area (Å²) in [7, 11) is -1.48. The zero-order chi connectivity index (χ0) is 10.2. The van der Waals surface area contributed by atoms with Crippen LogP contribution in [-0.2, 0) is 0 Å². The number of hydrogen-bond acceptors (Lipinski definition) is 2. The van der Waals surface area contributed by atoms with Crippen molar-refractivity contribution >= 4 is 41.5 Å². The number of carboxylic acids is 1. The predicted molar refractivity (Wildman–Crippen MR) is 59.3 cm³/mol. The van der Waals surface area contributed by atoms with E-state index in [2.05, 4.69) is 19.6 Å². The van der Waals surface area contributed by atoms with Gasteiger partial charge in [0.2, 0.25) is 0 Å². The molecule has 0 spiro atoms. The molecule has 5 heteroatoms. The van der Waals surface area contributed by atoms with Crippen LogP contribution in [0.4, 0.5) is 0 Å². The lowest BCUT2D eigenvalue weighted by molar-refractivity contribution is 0.0702. The largest absolute Gasteiger partial charge is 0.477 e. The Labute approximate surface area is 87.2 Å². The van der Waals surface area contributed by atoms with Gasteiger partial charge in [0, 0.05) is 4.50 Å². The third-order valence-electron chi connectivity index (χ3n) is 1.58. The molecule has 72 valence electrons. The van der Waals surface area contributed by atoms with Gasteiger partial charge >= 0.3 is 5.97 Å². The second kappa shape index (κ2) is 3.44. The summed E-state index contributed by atoms with van der Waals surface area (Å²) in [6.07, 6.45) is 0. The Kier molecular flexibility index (Phi) is 2.84. The normalized spacial score (nSPS) is 11.7. The van der Waals surface area contributed by atoms with Gasteiger partial charge in [-0.2, -0.15) is 0 Å². The maximum absolute atomic E-state index is 10.7. The molecule has 13 heavy (non-hydrogen) atoms. The van der Waals surface area contributed by atoms with Gasteiger partial charge in [-0.1, -0.05) is 31.2 Å². The minimum absolute atomic E-state index is 0.336. The van der Waals surface area contributed by atoms with Crippen molar-refractivity contribution in [2.24, 2.45) is 0 Å². The molecular formula is C8H11ClO2SSi. The van der Waals surface area contributed by atoms with Crippen molar-refractivity contribution in [1.82, 2.24) is 0 Å². The topological polar surface area (TPSA) is 37.3 Å². The minimum Gasteiger partial charge on any atom is -0.477 e. The van der Waals surface area contributed by atoms with E-state index < -0.39 is 14.0 Å². The molecule has 0 aliphatic carbocycles. The predicted octanol–water partition coefficient (Wildman–Crippen LogP) is 2.64. The van der Waals surface area contributed by atoms with Crippen molar-refractivity contribution in [1.29, 1.82) is 0 Å². The Morgan fingerprint density at radius 3 is 2.31 bits per heavy atom. The number of halogens is 1. The van der Waals surface area contributed by atoms with Crippen molar-refractivity contribution in [2.45, 2.75) is 19.6 Å². The zero-order valence-corrected chi connectivity index (χ0v) is 10.3. The van der Waals surface area contributed by atoms with Crippen LogP contribution in [0.5, 0.6) is 0 Å².